The SMILES string of the molecule is CCOc1cc(C(=O)N[C@@H](COC)C(=O)N[C@@H](COC)C(=O)N[C@@H](CCc2ccccc2)C(=O)[C@@]2(C)CO2)no1. The van der Waals surface area contributed by atoms with E-state index in [2.05, 4.69) is 21.1 Å². The molecule has 0 radical (unpaired) electrons. The number of carbonyl (C=O) groups is 4. The van der Waals surface area contributed by atoms with Gasteiger partial charge in [0, 0.05) is 14.2 Å². The van der Waals surface area contributed by atoms with Crippen LogP contribution in [-0.2, 0) is 35.0 Å². The van der Waals surface area contributed by atoms with E-state index in [9.17, 15) is 19.2 Å². The highest BCUT2D eigenvalue weighted by Crippen LogP contribution is 2.29. The van der Waals surface area contributed by atoms with E-state index in [1.54, 1.807) is 13.8 Å². The fourth-order valence-corrected chi connectivity index (χ4v) is 3.90. The number of aryl methyl sites for hydroxylation is 1. The molecule has 0 saturated carbocycles. The van der Waals surface area contributed by atoms with Gasteiger partial charge in [0.05, 0.1) is 38.5 Å². The summed E-state index contributed by atoms with van der Waals surface area (Å²) in [4.78, 5) is 52.1. The summed E-state index contributed by atoms with van der Waals surface area (Å²) in [7, 11) is 2.73. The number of benzene rings is 1. The van der Waals surface area contributed by atoms with Crippen molar-refractivity contribution in [2.75, 3.05) is 40.6 Å². The largest absolute Gasteiger partial charge is 0.464 e. The Morgan fingerprint density at radius 2 is 1.57 bits per heavy atom. The molecule has 13 heteroatoms. The van der Waals surface area contributed by atoms with Crippen LogP contribution >= 0.6 is 0 Å². The molecule has 218 valence electrons. The van der Waals surface area contributed by atoms with Gasteiger partial charge in [-0.15, -0.1) is 0 Å². The minimum Gasteiger partial charge on any atom is -0.464 e. The average molecular weight is 561 g/mol. The highest BCUT2D eigenvalue weighted by molar-refractivity contribution is 5.99. The number of nitrogens with one attached hydrogen (secondary N) is 3. The quantitative estimate of drug-likeness (QED) is 0.230. The number of Topliss-reactive ketones (excluding diaryl/α,β-unsaturated/α-hetero) is 1. The van der Waals surface area contributed by atoms with E-state index in [-0.39, 0.29) is 37.2 Å². The molecule has 0 unspecified atom stereocenters. The number of epoxide rings is 1. The van der Waals surface area contributed by atoms with Gasteiger partial charge < -0.3 is 39.4 Å². The summed E-state index contributed by atoms with van der Waals surface area (Å²) in [6.07, 6.45) is 0.884. The zero-order valence-electron chi connectivity index (χ0n) is 23.1. The molecule has 1 saturated heterocycles. The van der Waals surface area contributed by atoms with Crippen LogP contribution in [0.4, 0.5) is 0 Å². The minimum absolute atomic E-state index is 0.0547. The number of rotatable bonds is 17. The molecular formula is C27H36N4O9. The molecule has 1 aliphatic rings. The van der Waals surface area contributed by atoms with Gasteiger partial charge in [0.25, 0.3) is 5.91 Å². The number of ketones is 1. The van der Waals surface area contributed by atoms with Crippen molar-refractivity contribution in [2.45, 2.75) is 50.4 Å². The predicted molar refractivity (Wildman–Crippen MR) is 141 cm³/mol. The molecule has 0 aliphatic carbocycles. The van der Waals surface area contributed by atoms with Crippen LogP contribution in [0.5, 0.6) is 5.95 Å². The topological polar surface area (TPSA) is 171 Å². The maximum absolute atomic E-state index is 13.3. The molecule has 1 aromatic carbocycles. The Labute approximate surface area is 232 Å². The molecular weight excluding hydrogens is 524 g/mol. The molecule has 40 heavy (non-hydrogen) atoms. The standard InChI is InChI=1S/C27H36N4O9/c1-5-38-22-13-19(31-40-22)24(33)29-21(15-37-4)26(35)30-20(14-36-3)25(34)28-18(23(32)27(2)16-39-27)12-11-17-9-7-6-8-10-17/h6-10,13,18,20-21H,5,11-12,14-16H2,1-4H3,(H,28,34)(H,29,33)(H,30,35)/t18-,20-,21-,27+/m0/s1. The molecule has 0 bridgehead atoms. The fourth-order valence-electron chi connectivity index (χ4n) is 3.90. The van der Waals surface area contributed by atoms with E-state index in [4.69, 9.17) is 23.5 Å². The van der Waals surface area contributed by atoms with E-state index >= 15 is 0 Å². The molecule has 2 heterocycles. The first-order chi connectivity index (χ1) is 19.2. The summed E-state index contributed by atoms with van der Waals surface area (Å²) in [5.74, 6) is -2.22. The van der Waals surface area contributed by atoms with E-state index < -0.39 is 41.4 Å². The first kappa shape index (κ1) is 30.7. The van der Waals surface area contributed by atoms with Gasteiger partial charge in [-0.2, -0.15) is 0 Å². The van der Waals surface area contributed by atoms with Gasteiger partial charge in [-0.05, 0) is 32.3 Å². The summed E-state index contributed by atoms with van der Waals surface area (Å²) >= 11 is 0. The van der Waals surface area contributed by atoms with Gasteiger partial charge in [-0.1, -0.05) is 35.5 Å². The number of nitrogens with zero attached hydrogens (tertiary/aromatic N) is 1. The van der Waals surface area contributed by atoms with Crippen molar-refractivity contribution in [3.8, 4) is 5.95 Å². The third-order valence-electron chi connectivity index (χ3n) is 6.23. The second-order valence-corrected chi connectivity index (χ2v) is 9.43. The lowest BCUT2D eigenvalue weighted by atomic mass is 9.95. The van der Waals surface area contributed by atoms with E-state index in [0.717, 1.165) is 5.56 Å². The van der Waals surface area contributed by atoms with Crippen LogP contribution in [0.1, 0.15) is 36.3 Å². The fraction of sp³-hybridized carbons (Fsp3) is 0.519. The van der Waals surface area contributed by atoms with Gasteiger partial charge in [0.1, 0.15) is 17.7 Å². The number of amides is 3. The van der Waals surface area contributed by atoms with E-state index in [1.807, 2.05) is 30.3 Å². The number of methoxy groups -OCH3 is 2. The Bertz CT molecular complexity index is 1150. The lowest BCUT2D eigenvalue weighted by molar-refractivity contribution is -0.134. The summed E-state index contributed by atoms with van der Waals surface area (Å²) in [5.41, 5.74) is -0.0399. The molecule has 1 fully saturated rings. The van der Waals surface area contributed by atoms with Gasteiger partial charge >= 0.3 is 5.95 Å². The Morgan fingerprint density at radius 1 is 0.975 bits per heavy atom. The molecule has 4 atom stereocenters. The van der Waals surface area contributed by atoms with Crippen molar-refractivity contribution in [2.24, 2.45) is 0 Å². The Kier molecular flexibility index (Phi) is 11.2. The first-order valence-corrected chi connectivity index (χ1v) is 12.9. The maximum Gasteiger partial charge on any atom is 0.311 e. The molecule has 3 N–H and O–H groups in total. The van der Waals surface area contributed by atoms with Crippen LogP contribution in [0, 0.1) is 0 Å². The second-order valence-electron chi connectivity index (χ2n) is 9.43. The molecule has 0 spiro atoms. The lowest BCUT2D eigenvalue weighted by Gasteiger charge is -2.25. The Hall–Kier alpha value is -3.81. The van der Waals surface area contributed by atoms with Gasteiger partial charge in [-0.25, -0.2) is 0 Å². The third kappa shape index (κ3) is 8.60. The van der Waals surface area contributed by atoms with Crippen LogP contribution in [0.25, 0.3) is 0 Å². The van der Waals surface area contributed by atoms with Gasteiger partial charge in [-0.3, -0.25) is 19.2 Å². The van der Waals surface area contributed by atoms with E-state index in [0.29, 0.717) is 19.4 Å². The minimum atomic E-state index is -1.17. The normalized spacial score (nSPS) is 18.2. The smallest absolute Gasteiger partial charge is 0.311 e. The Balaban J connectivity index is 1.67. The maximum atomic E-state index is 13.3. The summed E-state index contributed by atoms with van der Waals surface area (Å²) in [5, 5.41) is 11.5. The van der Waals surface area contributed by atoms with Gasteiger partial charge in [0.15, 0.2) is 11.5 Å². The van der Waals surface area contributed by atoms with Gasteiger partial charge in [0.2, 0.25) is 11.8 Å². The van der Waals surface area contributed by atoms with Crippen molar-refractivity contribution in [3.63, 3.8) is 0 Å². The first-order valence-electron chi connectivity index (χ1n) is 12.9. The summed E-state index contributed by atoms with van der Waals surface area (Å²) in [6.45, 7) is 3.64. The predicted octanol–water partition coefficient (Wildman–Crippen LogP) is 0.425. The van der Waals surface area contributed by atoms with Crippen molar-refractivity contribution < 1.29 is 42.6 Å². The van der Waals surface area contributed by atoms with Crippen LogP contribution in [0.15, 0.2) is 40.9 Å². The number of ether oxygens (including phenoxy) is 4. The summed E-state index contributed by atoms with van der Waals surface area (Å²) < 4.78 is 25.6. The number of hydrogen-bond donors (Lipinski definition) is 3. The molecule has 1 aliphatic heterocycles. The number of carbonyl (C=O) groups excluding carboxylic acids is 4. The van der Waals surface area contributed by atoms with Crippen molar-refractivity contribution in [1.29, 1.82) is 0 Å². The van der Waals surface area contributed by atoms with Crippen LogP contribution in [0.2, 0.25) is 0 Å². The van der Waals surface area contributed by atoms with Crippen LogP contribution < -0.4 is 20.7 Å². The lowest BCUT2D eigenvalue weighted by Crippen LogP contribution is -2.58. The van der Waals surface area contributed by atoms with Crippen molar-refractivity contribution >= 4 is 23.5 Å². The van der Waals surface area contributed by atoms with Crippen molar-refractivity contribution in [3.05, 3.63) is 47.7 Å². The second kappa shape index (κ2) is 14.5. The van der Waals surface area contributed by atoms with Crippen molar-refractivity contribution in [1.82, 2.24) is 21.1 Å². The molecule has 3 amide bonds. The monoisotopic (exact) mass is 560 g/mol. The zero-order valence-corrected chi connectivity index (χ0v) is 23.1. The highest BCUT2D eigenvalue weighted by atomic mass is 16.6. The molecule has 1 aromatic heterocycles. The highest BCUT2D eigenvalue weighted by Gasteiger charge is 2.50. The molecule has 3 rings (SSSR count). The molecule has 2 aromatic rings. The van der Waals surface area contributed by atoms with E-state index in [1.165, 1.54) is 20.3 Å². The van der Waals surface area contributed by atoms with Crippen LogP contribution in [0.3, 0.4) is 0 Å². The number of hydrogen-bond acceptors (Lipinski definition) is 10. The van der Waals surface area contributed by atoms with Crippen LogP contribution in [-0.4, -0.2) is 93.0 Å². The third-order valence-corrected chi connectivity index (χ3v) is 6.23. The average Bonchev–Trinajstić information content (AvgIpc) is 3.52. The number of aromatic nitrogens is 1. The molecule has 13 nitrogen and oxygen atoms in total. The summed E-state index contributed by atoms with van der Waals surface area (Å²) in [6, 6.07) is 7.67. The zero-order chi connectivity index (χ0) is 29.1. The Morgan fingerprint density at radius 3 is 2.15 bits per heavy atom.